The monoisotopic (exact) mass is 492 g/mol. The molecule has 3 aromatic carbocycles. The van der Waals surface area contributed by atoms with Crippen LogP contribution in [0.3, 0.4) is 0 Å². The van der Waals surface area contributed by atoms with Crippen LogP contribution in [0.2, 0.25) is 5.02 Å². The zero-order valence-corrected chi connectivity index (χ0v) is 20.9. The molecule has 2 unspecified atom stereocenters. The predicted molar refractivity (Wildman–Crippen MR) is 136 cm³/mol. The van der Waals surface area contributed by atoms with E-state index in [2.05, 4.69) is 0 Å². The molecule has 0 aliphatic carbocycles. The summed E-state index contributed by atoms with van der Waals surface area (Å²) in [6.45, 7) is 1.13. The number of methoxy groups -OCH3 is 2. The first-order valence-corrected chi connectivity index (χ1v) is 11.8. The number of rotatable bonds is 7. The van der Waals surface area contributed by atoms with Crippen LogP contribution in [0, 0.1) is 5.92 Å². The Morgan fingerprint density at radius 1 is 0.971 bits per heavy atom. The number of amides is 2. The van der Waals surface area contributed by atoms with E-state index in [0.717, 1.165) is 11.1 Å². The van der Waals surface area contributed by atoms with E-state index in [1.807, 2.05) is 48.5 Å². The van der Waals surface area contributed by atoms with Gasteiger partial charge in [-0.15, -0.1) is 0 Å². The first-order valence-electron chi connectivity index (χ1n) is 11.5. The second-order valence-electron chi connectivity index (χ2n) is 8.69. The molecule has 0 spiro atoms. The van der Waals surface area contributed by atoms with E-state index in [9.17, 15) is 9.59 Å². The highest BCUT2D eigenvalue weighted by Crippen LogP contribution is 2.41. The van der Waals surface area contributed by atoms with E-state index < -0.39 is 5.92 Å². The maximum atomic E-state index is 13.7. The molecular weight excluding hydrogens is 464 g/mol. The fourth-order valence-electron chi connectivity index (χ4n) is 4.69. The minimum Gasteiger partial charge on any atom is -0.497 e. The van der Waals surface area contributed by atoms with Gasteiger partial charge in [0, 0.05) is 38.2 Å². The van der Waals surface area contributed by atoms with E-state index in [0.29, 0.717) is 35.2 Å². The number of nitrogens with zero attached hydrogens (tertiary/aromatic N) is 2. The lowest BCUT2D eigenvalue weighted by Gasteiger charge is -2.25. The number of carbonyl (C=O) groups is 2. The van der Waals surface area contributed by atoms with Gasteiger partial charge in [0.1, 0.15) is 11.5 Å². The molecule has 1 heterocycles. The van der Waals surface area contributed by atoms with E-state index in [-0.39, 0.29) is 24.3 Å². The predicted octanol–water partition coefficient (Wildman–Crippen LogP) is 4.87. The van der Waals surface area contributed by atoms with Gasteiger partial charge in [-0.3, -0.25) is 9.59 Å². The lowest BCUT2D eigenvalue weighted by Crippen LogP contribution is -2.36. The summed E-state index contributed by atoms with van der Waals surface area (Å²) in [5.74, 6) is 0.391. The molecule has 182 valence electrons. The van der Waals surface area contributed by atoms with Crippen LogP contribution in [-0.4, -0.2) is 56.0 Å². The Kier molecular flexibility index (Phi) is 7.61. The number of carbonyl (C=O) groups excluding carboxylic acids is 2. The highest BCUT2D eigenvalue weighted by Gasteiger charge is 2.43. The summed E-state index contributed by atoms with van der Waals surface area (Å²) in [6.07, 6.45) is 0. The summed E-state index contributed by atoms with van der Waals surface area (Å²) in [5, 5.41) is 0.393. The lowest BCUT2D eigenvalue weighted by atomic mass is 9.87. The van der Waals surface area contributed by atoms with Crippen LogP contribution < -0.4 is 9.47 Å². The van der Waals surface area contributed by atoms with Gasteiger partial charge in [-0.2, -0.15) is 0 Å². The molecule has 7 heteroatoms. The maximum absolute atomic E-state index is 13.7. The van der Waals surface area contributed by atoms with E-state index in [1.165, 1.54) is 0 Å². The highest BCUT2D eigenvalue weighted by atomic mass is 35.5. The van der Waals surface area contributed by atoms with Crippen LogP contribution in [0.1, 0.15) is 27.4 Å². The van der Waals surface area contributed by atoms with Crippen molar-refractivity contribution in [2.45, 2.75) is 12.5 Å². The van der Waals surface area contributed by atoms with Crippen LogP contribution in [0.4, 0.5) is 0 Å². The van der Waals surface area contributed by atoms with Gasteiger partial charge in [-0.25, -0.2) is 0 Å². The molecule has 4 rings (SSSR count). The fourth-order valence-corrected chi connectivity index (χ4v) is 4.90. The molecule has 1 aliphatic heterocycles. The third kappa shape index (κ3) is 5.28. The number of ether oxygens (including phenoxy) is 2. The third-order valence-electron chi connectivity index (χ3n) is 6.50. The van der Waals surface area contributed by atoms with Crippen molar-refractivity contribution in [2.24, 2.45) is 5.92 Å². The maximum Gasteiger partial charge on any atom is 0.255 e. The summed E-state index contributed by atoms with van der Waals surface area (Å²) < 4.78 is 11.1. The van der Waals surface area contributed by atoms with Crippen molar-refractivity contribution in [1.82, 2.24) is 9.80 Å². The average molecular weight is 493 g/mol. The number of likely N-dealkylation sites (tertiary alicyclic amines) is 1. The van der Waals surface area contributed by atoms with E-state index in [1.54, 1.807) is 55.3 Å². The fraction of sp³-hybridized carbons (Fsp3) is 0.286. The van der Waals surface area contributed by atoms with Gasteiger partial charge in [0.05, 0.1) is 30.7 Å². The summed E-state index contributed by atoms with van der Waals surface area (Å²) in [6, 6.07) is 22.4. The highest BCUT2D eigenvalue weighted by molar-refractivity contribution is 6.33. The molecular formula is C28H29ClN2O4. The molecule has 6 nitrogen and oxygen atoms in total. The van der Waals surface area contributed by atoms with Gasteiger partial charge in [0.25, 0.3) is 5.91 Å². The Hall–Kier alpha value is -3.51. The van der Waals surface area contributed by atoms with Crippen LogP contribution in [0.15, 0.2) is 72.8 Å². The molecule has 1 fully saturated rings. The molecule has 2 atom stereocenters. The molecule has 0 bridgehead atoms. The van der Waals surface area contributed by atoms with Crippen molar-refractivity contribution in [3.05, 3.63) is 94.5 Å². The minimum absolute atomic E-state index is 0.0295. The van der Waals surface area contributed by atoms with E-state index in [4.69, 9.17) is 21.1 Å². The molecule has 35 heavy (non-hydrogen) atoms. The zero-order chi connectivity index (χ0) is 24.9. The van der Waals surface area contributed by atoms with Crippen LogP contribution in [-0.2, 0) is 11.3 Å². The quantitative estimate of drug-likeness (QED) is 0.472. The molecule has 0 aromatic heterocycles. The topological polar surface area (TPSA) is 59.1 Å². The Labute approximate surface area is 211 Å². The second kappa shape index (κ2) is 10.8. The largest absolute Gasteiger partial charge is 0.497 e. The van der Waals surface area contributed by atoms with Crippen molar-refractivity contribution < 1.29 is 19.1 Å². The first kappa shape index (κ1) is 24.6. The minimum atomic E-state index is -0.448. The van der Waals surface area contributed by atoms with E-state index >= 15 is 0 Å². The number of benzene rings is 3. The summed E-state index contributed by atoms with van der Waals surface area (Å²) >= 11 is 6.32. The molecule has 1 aliphatic rings. The van der Waals surface area contributed by atoms with Gasteiger partial charge >= 0.3 is 0 Å². The smallest absolute Gasteiger partial charge is 0.255 e. The SMILES string of the molecule is COc1ccc(OC)c(C2CN(C(=O)c3ccccc3Cl)CC2C(=O)N(C)Cc2ccccc2)c1. The van der Waals surface area contributed by atoms with Crippen molar-refractivity contribution in [3.8, 4) is 11.5 Å². The second-order valence-corrected chi connectivity index (χ2v) is 9.10. The van der Waals surface area contributed by atoms with Crippen LogP contribution in [0.5, 0.6) is 11.5 Å². The molecule has 2 amide bonds. The molecule has 0 N–H and O–H groups in total. The van der Waals surface area contributed by atoms with Gasteiger partial charge in [-0.05, 0) is 35.9 Å². The number of halogens is 1. The average Bonchev–Trinajstić information content (AvgIpc) is 3.33. The number of hydrogen-bond acceptors (Lipinski definition) is 4. The Morgan fingerprint density at radius 2 is 1.69 bits per heavy atom. The van der Waals surface area contributed by atoms with Crippen molar-refractivity contribution in [3.63, 3.8) is 0 Å². The molecule has 1 saturated heterocycles. The first-order chi connectivity index (χ1) is 16.9. The Balaban J connectivity index is 1.68. The summed E-state index contributed by atoms with van der Waals surface area (Å²) in [7, 11) is 5.00. The van der Waals surface area contributed by atoms with Gasteiger partial charge in [0.2, 0.25) is 5.91 Å². The Bertz CT molecular complexity index is 1200. The van der Waals surface area contributed by atoms with Gasteiger partial charge < -0.3 is 19.3 Å². The third-order valence-corrected chi connectivity index (χ3v) is 6.83. The molecule has 3 aromatic rings. The van der Waals surface area contributed by atoms with Crippen molar-refractivity contribution >= 4 is 23.4 Å². The number of hydrogen-bond donors (Lipinski definition) is 0. The summed E-state index contributed by atoms with van der Waals surface area (Å²) in [5.41, 5.74) is 2.31. The molecule has 0 saturated carbocycles. The van der Waals surface area contributed by atoms with Crippen molar-refractivity contribution in [2.75, 3.05) is 34.4 Å². The van der Waals surface area contributed by atoms with Gasteiger partial charge in [0.15, 0.2) is 0 Å². The summed E-state index contributed by atoms with van der Waals surface area (Å²) in [4.78, 5) is 30.6. The van der Waals surface area contributed by atoms with Crippen LogP contribution >= 0.6 is 11.6 Å². The van der Waals surface area contributed by atoms with Gasteiger partial charge in [-0.1, -0.05) is 54.1 Å². The molecule has 0 radical (unpaired) electrons. The standard InChI is InChI=1S/C28H29ClN2O4/c1-30(16-19-9-5-4-6-10-19)27(32)24-18-31(28(33)21-11-7-8-12-25(21)29)17-23(24)22-15-20(34-2)13-14-26(22)35-3/h4-15,23-24H,16-18H2,1-3H3. The zero-order valence-electron chi connectivity index (χ0n) is 20.1. The van der Waals surface area contributed by atoms with Crippen LogP contribution in [0.25, 0.3) is 0 Å². The lowest BCUT2D eigenvalue weighted by molar-refractivity contribution is -0.134. The normalized spacial score (nSPS) is 17.2. The Morgan fingerprint density at radius 3 is 2.37 bits per heavy atom. The van der Waals surface area contributed by atoms with Crippen molar-refractivity contribution in [1.29, 1.82) is 0 Å².